The number of carbonyl (C=O) groups excluding carboxylic acids is 1. The van der Waals surface area contributed by atoms with Crippen LogP contribution in [0.15, 0.2) is 35.7 Å². The van der Waals surface area contributed by atoms with Gasteiger partial charge in [-0.15, -0.1) is 11.3 Å². The molecule has 1 aliphatic rings. The number of nitrogens with zero attached hydrogens (tertiary/aromatic N) is 1. The van der Waals surface area contributed by atoms with Crippen molar-refractivity contribution in [1.29, 1.82) is 0 Å². The summed E-state index contributed by atoms with van der Waals surface area (Å²) in [6.07, 6.45) is 3.06. The van der Waals surface area contributed by atoms with Crippen LogP contribution < -0.4 is 0 Å². The smallest absolute Gasteiger partial charge is 0.254 e. The summed E-state index contributed by atoms with van der Waals surface area (Å²) >= 11 is 1.68. The van der Waals surface area contributed by atoms with Crippen molar-refractivity contribution in [3.05, 3.63) is 57.3 Å². The number of aliphatic hydroxyl groups excluding tert-OH is 1. The number of thiophene rings is 1. The van der Waals surface area contributed by atoms with Crippen molar-refractivity contribution < 1.29 is 9.90 Å². The minimum absolute atomic E-state index is 0.0897. The average molecular weight is 329 g/mol. The summed E-state index contributed by atoms with van der Waals surface area (Å²) in [5.41, 5.74) is 3.08. The van der Waals surface area contributed by atoms with Gasteiger partial charge in [0.05, 0.1) is 12.2 Å². The molecule has 1 N–H and O–H groups in total. The molecule has 3 rings (SSSR count). The van der Waals surface area contributed by atoms with Crippen LogP contribution in [0.2, 0.25) is 0 Å². The summed E-state index contributed by atoms with van der Waals surface area (Å²) in [5.74, 6) is 0.710. The van der Waals surface area contributed by atoms with E-state index in [-0.39, 0.29) is 12.5 Å². The molecule has 23 heavy (non-hydrogen) atoms. The van der Waals surface area contributed by atoms with E-state index < -0.39 is 0 Å². The predicted molar refractivity (Wildman–Crippen MR) is 93.8 cm³/mol. The van der Waals surface area contributed by atoms with E-state index in [2.05, 4.69) is 19.1 Å². The van der Waals surface area contributed by atoms with Gasteiger partial charge in [-0.2, -0.15) is 0 Å². The van der Waals surface area contributed by atoms with Crippen LogP contribution in [-0.4, -0.2) is 29.0 Å². The fourth-order valence-electron chi connectivity index (χ4n) is 3.16. The number of benzene rings is 1. The number of rotatable bonds is 5. The van der Waals surface area contributed by atoms with Gasteiger partial charge in [0.25, 0.3) is 5.91 Å². The number of aliphatic hydroxyl groups is 1. The van der Waals surface area contributed by atoms with Gasteiger partial charge in [0.2, 0.25) is 0 Å². The molecule has 2 heterocycles. The largest absolute Gasteiger partial charge is 0.392 e. The van der Waals surface area contributed by atoms with E-state index in [0.29, 0.717) is 5.92 Å². The van der Waals surface area contributed by atoms with Crippen LogP contribution in [0.3, 0.4) is 0 Å². The second-order valence-corrected chi connectivity index (χ2v) is 7.24. The molecule has 0 spiro atoms. The highest BCUT2D eigenvalue weighted by molar-refractivity contribution is 7.10. The Bertz CT molecular complexity index is 662. The maximum absolute atomic E-state index is 12.6. The van der Waals surface area contributed by atoms with Gasteiger partial charge in [-0.3, -0.25) is 4.79 Å². The zero-order valence-electron chi connectivity index (χ0n) is 13.5. The highest BCUT2D eigenvalue weighted by Crippen LogP contribution is 2.24. The maximum Gasteiger partial charge on any atom is 0.254 e. The minimum atomic E-state index is 0.0897. The Morgan fingerprint density at radius 2 is 2.04 bits per heavy atom. The lowest BCUT2D eigenvalue weighted by molar-refractivity contribution is 0.0787. The molecule has 1 aliphatic heterocycles. The monoisotopic (exact) mass is 329 g/mol. The van der Waals surface area contributed by atoms with Crippen molar-refractivity contribution in [1.82, 2.24) is 4.90 Å². The van der Waals surface area contributed by atoms with E-state index in [9.17, 15) is 4.79 Å². The molecule has 0 bridgehead atoms. The molecule has 1 amide bonds. The summed E-state index contributed by atoms with van der Waals surface area (Å²) in [5, 5.41) is 11.1. The van der Waals surface area contributed by atoms with Gasteiger partial charge < -0.3 is 10.0 Å². The number of hydrogen-bond acceptors (Lipinski definition) is 3. The molecule has 4 heteroatoms. The van der Waals surface area contributed by atoms with Crippen molar-refractivity contribution in [3.8, 4) is 0 Å². The third-order valence-corrected chi connectivity index (χ3v) is 5.63. The second kappa shape index (κ2) is 7.28. The Morgan fingerprint density at radius 1 is 1.30 bits per heavy atom. The molecule has 0 unspecified atom stereocenters. The lowest BCUT2D eigenvalue weighted by atomic mass is 9.98. The Hall–Kier alpha value is -1.65. The first-order chi connectivity index (χ1) is 11.2. The lowest BCUT2D eigenvalue weighted by Gasteiger charge is -2.16. The first kappa shape index (κ1) is 16.2. The molecular weight excluding hydrogens is 306 g/mol. The first-order valence-electron chi connectivity index (χ1n) is 8.25. The number of carbonyl (C=O) groups is 1. The topological polar surface area (TPSA) is 40.5 Å². The third-order valence-electron chi connectivity index (χ3n) is 4.55. The van der Waals surface area contributed by atoms with Gasteiger partial charge in [-0.05, 0) is 42.4 Å². The van der Waals surface area contributed by atoms with Crippen LogP contribution in [-0.2, 0) is 19.4 Å². The summed E-state index contributed by atoms with van der Waals surface area (Å²) in [7, 11) is 0. The summed E-state index contributed by atoms with van der Waals surface area (Å²) in [6.45, 7) is 3.91. The molecule has 1 atom stereocenters. The van der Waals surface area contributed by atoms with E-state index in [1.807, 2.05) is 28.5 Å². The quantitative estimate of drug-likeness (QED) is 0.912. The first-order valence-corrected chi connectivity index (χ1v) is 9.13. The standard InChI is InChI=1S/C19H23NO2S/c1-2-18-10-17(13-23-18)19(22)20-8-7-16(11-20)9-14-3-5-15(12-21)6-4-14/h3-6,10,13,16,21H,2,7-9,11-12H2,1H3/t16-/m0/s1. The van der Waals surface area contributed by atoms with Gasteiger partial charge in [0, 0.05) is 23.3 Å². The van der Waals surface area contributed by atoms with Crippen LogP contribution in [0.4, 0.5) is 0 Å². The van der Waals surface area contributed by atoms with Crippen molar-refractivity contribution in [2.75, 3.05) is 13.1 Å². The lowest BCUT2D eigenvalue weighted by Crippen LogP contribution is -2.28. The van der Waals surface area contributed by atoms with E-state index in [0.717, 1.165) is 43.5 Å². The molecule has 1 aromatic carbocycles. The number of amides is 1. The minimum Gasteiger partial charge on any atom is -0.392 e. The zero-order chi connectivity index (χ0) is 16.2. The Balaban J connectivity index is 1.58. The zero-order valence-corrected chi connectivity index (χ0v) is 14.3. The van der Waals surface area contributed by atoms with E-state index in [4.69, 9.17) is 5.11 Å². The fourth-order valence-corrected chi connectivity index (χ4v) is 3.97. The number of aryl methyl sites for hydroxylation is 1. The third kappa shape index (κ3) is 3.82. The molecule has 1 fully saturated rings. The number of likely N-dealkylation sites (tertiary alicyclic amines) is 1. The van der Waals surface area contributed by atoms with E-state index in [1.54, 1.807) is 11.3 Å². The van der Waals surface area contributed by atoms with Crippen LogP contribution >= 0.6 is 11.3 Å². The highest BCUT2D eigenvalue weighted by atomic mass is 32.1. The van der Waals surface area contributed by atoms with E-state index >= 15 is 0 Å². The molecule has 122 valence electrons. The van der Waals surface area contributed by atoms with Crippen molar-refractivity contribution >= 4 is 17.2 Å². The fraction of sp³-hybridized carbons (Fsp3) is 0.421. The Morgan fingerprint density at radius 3 is 2.70 bits per heavy atom. The van der Waals surface area contributed by atoms with Gasteiger partial charge in [0.15, 0.2) is 0 Å². The second-order valence-electron chi connectivity index (χ2n) is 6.24. The Labute approximate surface area is 141 Å². The summed E-state index contributed by atoms with van der Waals surface area (Å²) in [6, 6.07) is 10.2. The molecule has 0 radical (unpaired) electrons. The van der Waals surface area contributed by atoms with Crippen molar-refractivity contribution in [2.24, 2.45) is 5.92 Å². The van der Waals surface area contributed by atoms with E-state index in [1.165, 1.54) is 10.4 Å². The van der Waals surface area contributed by atoms with Gasteiger partial charge >= 0.3 is 0 Å². The van der Waals surface area contributed by atoms with Gasteiger partial charge in [-0.1, -0.05) is 31.2 Å². The van der Waals surface area contributed by atoms with Crippen LogP contribution in [0.25, 0.3) is 0 Å². The molecule has 3 nitrogen and oxygen atoms in total. The average Bonchev–Trinajstić information content (AvgIpc) is 3.24. The molecule has 1 saturated heterocycles. The molecule has 0 saturated carbocycles. The SMILES string of the molecule is CCc1cc(C(=O)N2CC[C@@H](Cc3ccc(CO)cc3)C2)cs1. The molecular formula is C19H23NO2S. The van der Waals surface area contributed by atoms with Gasteiger partial charge in [-0.25, -0.2) is 0 Å². The maximum atomic E-state index is 12.6. The van der Waals surface area contributed by atoms with Gasteiger partial charge in [0.1, 0.15) is 0 Å². The van der Waals surface area contributed by atoms with Crippen LogP contribution in [0.5, 0.6) is 0 Å². The van der Waals surface area contributed by atoms with Crippen LogP contribution in [0.1, 0.15) is 39.7 Å². The van der Waals surface area contributed by atoms with Crippen molar-refractivity contribution in [3.63, 3.8) is 0 Å². The number of hydrogen-bond donors (Lipinski definition) is 1. The summed E-state index contributed by atoms with van der Waals surface area (Å²) < 4.78 is 0. The molecule has 1 aromatic heterocycles. The van der Waals surface area contributed by atoms with Crippen LogP contribution in [0, 0.1) is 5.92 Å². The van der Waals surface area contributed by atoms with Crippen molar-refractivity contribution in [2.45, 2.75) is 32.8 Å². The Kier molecular flexibility index (Phi) is 5.13. The molecule has 0 aliphatic carbocycles. The highest BCUT2D eigenvalue weighted by Gasteiger charge is 2.27. The normalized spacial score (nSPS) is 17.7. The predicted octanol–water partition coefficient (Wildman–Crippen LogP) is 3.51. The molecule has 2 aromatic rings. The summed E-state index contributed by atoms with van der Waals surface area (Å²) in [4.78, 5) is 15.8.